The molecule has 34 heavy (non-hydrogen) atoms. The van der Waals surface area contributed by atoms with Crippen LogP contribution in [0, 0.1) is 17.8 Å². The SMILES string of the molecule is CC(C)(I)CCOC(C)(C)CCC(=O)NCCCCC1NC2C3CCCCCCC(C3)C2C1=O. The second-order valence-corrected chi connectivity index (χ2v) is 15.3. The van der Waals surface area contributed by atoms with Gasteiger partial charge in [0.1, 0.15) is 0 Å². The molecule has 2 aliphatic carbocycles. The van der Waals surface area contributed by atoms with E-state index in [9.17, 15) is 9.59 Å². The van der Waals surface area contributed by atoms with Gasteiger partial charge in [-0.2, -0.15) is 0 Å². The third kappa shape index (κ3) is 8.72. The van der Waals surface area contributed by atoms with E-state index in [1.54, 1.807) is 0 Å². The highest BCUT2D eigenvalue weighted by molar-refractivity contribution is 14.1. The number of carbonyl (C=O) groups is 2. The number of nitrogens with one attached hydrogen (secondary N) is 2. The Morgan fingerprint density at radius 2 is 1.76 bits per heavy atom. The molecule has 0 radical (unpaired) electrons. The molecule has 5 nitrogen and oxygen atoms in total. The highest BCUT2D eigenvalue weighted by atomic mass is 127. The number of hydrogen-bond acceptors (Lipinski definition) is 4. The number of ether oxygens (including phenoxy) is 1. The predicted octanol–water partition coefficient (Wildman–Crippen LogP) is 5.97. The first-order valence-electron chi connectivity index (χ1n) is 14.0. The lowest BCUT2D eigenvalue weighted by Gasteiger charge is -2.27. The molecule has 2 saturated carbocycles. The minimum absolute atomic E-state index is 0.0437. The van der Waals surface area contributed by atoms with Crippen molar-refractivity contribution in [3.63, 3.8) is 0 Å². The van der Waals surface area contributed by atoms with Gasteiger partial charge in [0.2, 0.25) is 5.91 Å². The average Bonchev–Trinajstić information content (AvgIpc) is 3.29. The van der Waals surface area contributed by atoms with E-state index in [0.29, 0.717) is 36.6 Å². The average molecular weight is 589 g/mol. The largest absolute Gasteiger partial charge is 0.376 e. The molecule has 3 rings (SSSR count). The van der Waals surface area contributed by atoms with Gasteiger partial charge < -0.3 is 15.4 Å². The number of Topliss-reactive ketones (excluding diaryl/α,β-unsaturated/α-hetero) is 1. The van der Waals surface area contributed by atoms with E-state index in [4.69, 9.17) is 4.74 Å². The van der Waals surface area contributed by atoms with Gasteiger partial charge in [-0.3, -0.25) is 9.59 Å². The summed E-state index contributed by atoms with van der Waals surface area (Å²) in [4.78, 5) is 25.5. The lowest BCUT2D eigenvalue weighted by atomic mass is 9.85. The lowest BCUT2D eigenvalue weighted by molar-refractivity contribution is -0.124. The van der Waals surface area contributed by atoms with Gasteiger partial charge in [0.05, 0.1) is 11.6 Å². The Bertz CT molecular complexity index is 675. The Morgan fingerprint density at radius 3 is 2.47 bits per heavy atom. The number of amides is 1. The minimum atomic E-state index is -0.277. The monoisotopic (exact) mass is 588 g/mol. The number of carbonyl (C=O) groups excluding carboxylic acids is 2. The van der Waals surface area contributed by atoms with Crippen LogP contribution in [0.15, 0.2) is 0 Å². The summed E-state index contributed by atoms with van der Waals surface area (Å²) in [6.45, 7) is 9.97. The van der Waals surface area contributed by atoms with Crippen LogP contribution in [0.25, 0.3) is 0 Å². The quantitative estimate of drug-likeness (QED) is 0.168. The molecule has 196 valence electrons. The summed E-state index contributed by atoms with van der Waals surface area (Å²) in [6, 6.07) is 0.482. The summed E-state index contributed by atoms with van der Waals surface area (Å²) in [7, 11) is 0. The van der Waals surface area contributed by atoms with Crippen molar-refractivity contribution in [2.45, 2.75) is 132 Å². The highest BCUT2D eigenvalue weighted by Crippen LogP contribution is 2.47. The van der Waals surface area contributed by atoms with Crippen molar-refractivity contribution in [1.29, 1.82) is 0 Å². The van der Waals surface area contributed by atoms with E-state index in [-0.39, 0.29) is 26.9 Å². The van der Waals surface area contributed by atoms with Crippen LogP contribution in [0.2, 0.25) is 0 Å². The number of halogens is 1. The maximum atomic E-state index is 13.2. The van der Waals surface area contributed by atoms with Crippen LogP contribution >= 0.6 is 22.6 Å². The summed E-state index contributed by atoms with van der Waals surface area (Å²) in [5, 5.41) is 6.83. The maximum absolute atomic E-state index is 13.2. The van der Waals surface area contributed by atoms with Crippen LogP contribution in [0.5, 0.6) is 0 Å². The number of rotatable bonds is 12. The zero-order valence-electron chi connectivity index (χ0n) is 22.1. The fourth-order valence-electron chi connectivity index (χ4n) is 6.30. The molecular formula is C28H49IN2O3. The third-order valence-corrected chi connectivity index (χ3v) is 8.90. The van der Waals surface area contributed by atoms with Gasteiger partial charge in [-0.05, 0) is 77.0 Å². The van der Waals surface area contributed by atoms with Gasteiger partial charge in [-0.25, -0.2) is 0 Å². The van der Waals surface area contributed by atoms with E-state index >= 15 is 0 Å². The van der Waals surface area contributed by atoms with Gasteiger partial charge in [0.25, 0.3) is 0 Å². The summed E-state index contributed by atoms with van der Waals surface area (Å²) in [5.74, 6) is 2.21. The number of fused-ring (bicyclic) bond motifs is 5. The highest BCUT2D eigenvalue weighted by Gasteiger charge is 2.52. The van der Waals surface area contributed by atoms with Crippen molar-refractivity contribution in [1.82, 2.24) is 10.6 Å². The first kappa shape index (κ1) is 28.4. The van der Waals surface area contributed by atoms with Crippen LogP contribution < -0.4 is 10.6 Å². The smallest absolute Gasteiger partial charge is 0.220 e. The van der Waals surface area contributed by atoms with Gasteiger partial charge in [-0.1, -0.05) is 62.1 Å². The van der Waals surface area contributed by atoms with E-state index in [1.165, 1.54) is 44.9 Å². The molecule has 0 aromatic rings. The van der Waals surface area contributed by atoms with Crippen LogP contribution in [0.3, 0.4) is 0 Å². The summed E-state index contributed by atoms with van der Waals surface area (Å²) in [6.07, 6.45) is 14.2. The first-order chi connectivity index (χ1) is 16.1. The van der Waals surface area contributed by atoms with Crippen molar-refractivity contribution in [3.8, 4) is 0 Å². The number of unbranched alkanes of at least 4 members (excludes halogenated alkanes) is 1. The molecule has 3 fully saturated rings. The van der Waals surface area contributed by atoms with E-state index in [1.807, 2.05) is 0 Å². The molecule has 2 bridgehead atoms. The Hall–Kier alpha value is -0.210. The van der Waals surface area contributed by atoms with Gasteiger partial charge in [0, 0.05) is 35.0 Å². The van der Waals surface area contributed by atoms with Crippen molar-refractivity contribution in [3.05, 3.63) is 0 Å². The zero-order chi connectivity index (χ0) is 24.8. The molecule has 1 amide bonds. The molecule has 0 spiro atoms. The van der Waals surface area contributed by atoms with Crippen LogP contribution in [0.1, 0.15) is 111 Å². The van der Waals surface area contributed by atoms with Crippen molar-refractivity contribution in [2.75, 3.05) is 13.2 Å². The number of alkyl halides is 1. The van der Waals surface area contributed by atoms with Crippen molar-refractivity contribution in [2.24, 2.45) is 17.8 Å². The topological polar surface area (TPSA) is 67.4 Å². The van der Waals surface area contributed by atoms with E-state index < -0.39 is 0 Å². The van der Waals surface area contributed by atoms with Crippen molar-refractivity contribution < 1.29 is 14.3 Å². The minimum Gasteiger partial charge on any atom is -0.376 e. The third-order valence-electron chi connectivity index (χ3n) is 8.36. The summed E-state index contributed by atoms with van der Waals surface area (Å²) < 4.78 is 6.26. The number of ketones is 1. The Labute approximate surface area is 221 Å². The molecule has 1 aliphatic heterocycles. The fraction of sp³-hybridized carbons (Fsp3) is 0.929. The lowest BCUT2D eigenvalue weighted by Crippen LogP contribution is -2.35. The zero-order valence-corrected chi connectivity index (χ0v) is 24.3. The first-order valence-corrected chi connectivity index (χ1v) is 15.0. The van der Waals surface area contributed by atoms with Gasteiger partial charge in [0.15, 0.2) is 5.78 Å². The van der Waals surface area contributed by atoms with Crippen LogP contribution in [-0.2, 0) is 14.3 Å². The number of hydrogen-bond donors (Lipinski definition) is 2. The summed E-state index contributed by atoms with van der Waals surface area (Å²) in [5.41, 5.74) is -0.277. The Kier molecular flexibility index (Phi) is 10.7. The fourth-order valence-corrected chi connectivity index (χ4v) is 6.52. The van der Waals surface area contributed by atoms with E-state index in [0.717, 1.165) is 38.7 Å². The maximum Gasteiger partial charge on any atom is 0.220 e. The summed E-state index contributed by atoms with van der Waals surface area (Å²) >= 11 is 2.45. The molecule has 0 aromatic heterocycles. The van der Waals surface area contributed by atoms with Gasteiger partial charge in [-0.15, -0.1) is 0 Å². The van der Waals surface area contributed by atoms with Crippen LogP contribution in [-0.4, -0.2) is 45.9 Å². The second-order valence-electron chi connectivity index (χ2n) is 12.3. The second kappa shape index (κ2) is 12.8. The molecule has 2 N–H and O–H groups in total. The molecule has 5 atom stereocenters. The van der Waals surface area contributed by atoms with E-state index in [2.05, 4.69) is 60.9 Å². The molecule has 1 heterocycles. The Balaban J connectivity index is 1.29. The standard InChI is InChI=1S/C28H49IN2O3/c1-27(2,29)16-18-34-28(3,4)15-14-23(32)30-17-10-9-13-22-26(33)24-20-11-7-5-6-8-12-21(19-20)25(24)31-22/h20-22,24-25,31H,5-19H2,1-4H3,(H,30,32). The molecule has 5 unspecified atom stereocenters. The van der Waals surface area contributed by atoms with Crippen LogP contribution in [0.4, 0.5) is 0 Å². The molecule has 3 aliphatic rings. The normalized spacial score (nSPS) is 29.9. The van der Waals surface area contributed by atoms with Crippen molar-refractivity contribution >= 4 is 34.3 Å². The molecule has 1 saturated heterocycles. The molecule has 0 aromatic carbocycles. The van der Waals surface area contributed by atoms with Gasteiger partial charge >= 0.3 is 0 Å². The Morgan fingerprint density at radius 1 is 1.06 bits per heavy atom. The predicted molar refractivity (Wildman–Crippen MR) is 147 cm³/mol. The molecular weight excluding hydrogens is 539 g/mol. The molecule has 6 heteroatoms.